The highest BCUT2D eigenvalue weighted by atomic mass is 32.1. The Morgan fingerprint density at radius 3 is 1.02 bits per heavy atom. The highest BCUT2D eigenvalue weighted by molar-refractivity contribution is 7.27. The summed E-state index contributed by atoms with van der Waals surface area (Å²) in [6, 6.07) is 168. The first kappa shape index (κ1) is 75.7. The van der Waals surface area contributed by atoms with E-state index < -0.39 is 0 Å². The lowest BCUT2D eigenvalue weighted by atomic mass is 9.98. The van der Waals surface area contributed by atoms with E-state index in [2.05, 4.69) is 469 Å². The van der Waals surface area contributed by atoms with E-state index in [4.69, 9.17) is 4.98 Å². The normalized spacial score (nSPS) is 11.9. The number of benzene rings is 22. The highest BCUT2D eigenvalue weighted by Crippen LogP contribution is 2.57. The van der Waals surface area contributed by atoms with Gasteiger partial charge < -0.3 is 9.80 Å². The Morgan fingerprint density at radius 1 is 0.197 bits per heavy atom. The monoisotopic (exact) mass is 1730 g/mol. The Labute approximate surface area is 774 Å². The van der Waals surface area contributed by atoms with Gasteiger partial charge in [-0.25, -0.2) is 4.98 Å². The van der Waals surface area contributed by atoms with Crippen molar-refractivity contribution in [3.8, 4) is 117 Å². The van der Waals surface area contributed by atoms with E-state index in [1.807, 2.05) is 40.1 Å². The number of nitrogens with zero attached hydrogens (tertiary/aromatic N) is 4. The number of hydrogen-bond acceptors (Lipinski definition) is 6. The van der Waals surface area contributed by atoms with E-state index in [9.17, 15) is 0 Å². The summed E-state index contributed by atoms with van der Waals surface area (Å²) in [7, 11) is 0. The summed E-state index contributed by atoms with van der Waals surface area (Å²) in [4.78, 5) is 9.79. The molecule has 614 valence electrons. The van der Waals surface area contributed by atoms with Crippen LogP contribution in [-0.4, -0.2) is 9.55 Å². The van der Waals surface area contributed by atoms with Crippen molar-refractivity contribution in [1.82, 2.24) is 9.55 Å². The number of hydrogen-bond donors (Lipinski definition) is 0. The van der Waals surface area contributed by atoms with Crippen molar-refractivity contribution in [2.75, 3.05) is 9.80 Å². The van der Waals surface area contributed by atoms with Crippen LogP contribution in [0.2, 0.25) is 0 Å². The zero-order valence-electron chi connectivity index (χ0n) is 71.4. The molecule has 4 heterocycles. The quantitative estimate of drug-likeness (QED) is 0.129. The molecule has 29 rings (SSSR count). The summed E-state index contributed by atoms with van der Waals surface area (Å²) in [6.07, 6.45) is 0. The van der Waals surface area contributed by atoms with Crippen molar-refractivity contribution in [2.24, 2.45) is 0 Å². The number of imidazole rings is 1. The standard InChI is InChI=1S/C46H29NS.C41H24N2S.C38H23NS/c1-3-10-30(11-4-1)32-18-22-34(23-19-32)47(35-24-20-33(21-25-35)31-12-5-2-6-13-31)36-26-27-39-43-29-42-38-15-8-7-14-37(38)40-16-9-17-41(45(40)42)46(43)48-44(39)28-36;1-2-9-26(10-3-1)41-42-36-15-6-7-16-37(36)43(41)28-20-17-25(18-21-28)27-19-22-31-35-24-34-30-12-5-4-11-29(30)32-13-8-14-33(39(32)34)40(35)44-38(31)23-27;1-2-12-25(13-3-1)39(35-19-8-11-24-10-4-5-14-27(24)35)26-20-21-30-34-23-33-29-16-7-6-15-28(29)31-17-9-18-32(37(31)33)38(34)40-36(30)22-26/h1-29H;1-24H;1-23H. The Bertz CT molecular complexity index is 9100. The van der Waals surface area contributed by atoms with Gasteiger partial charge in [-0.1, -0.05) is 346 Å². The topological polar surface area (TPSA) is 24.3 Å². The Kier molecular flexibility index (Phi) is 17.6. The van der Waals surface area contributed by atoms with Crippen LogP contribution in [-0.2, 0) is 0 Å². The molecule has 0 unspecified atom stereocenters. The van der Waals surface area contributed by atoms with Gasteiger partial charge in [-0.3, -0.25) is 4.57 Å². The minimum absolute atomic E-state index is 0.955. The SMILES string of the molecule is c1ccc(-c2ccc(N(c3ccc(-c4ccccc4)cc3)c3ccc4c(c3)sc3c5cccc6c5c(cc43)-c3ccccc3-6)cc2)cc1.c1ccc(-c2nc3ccccc3n2-c2ccc(-c3ccc4c(c3)sc3c5cccc6c5c(cc43)-c3ccccc3-6)cc2)cc1.c1ccc(N(c2ccc3c(c2)sc2c4cccc5c4c(cc32)-c2ccccc2-5)c2cccc3ccccc23)cc1. The fourth-order valence-electron chi connectivity index (χ4n) is 21.3. The summed E-state index contributed by atoms with van der Waals surface area (Å²) >= 11 is 5.74. The maximum atomic E-state index is 5.01. The fourth-order valence-corrected chi connectivity index (χ4v) is 25.1. The second kappa shape index (κ2) is 30.7. The van der Waals surface area contributed by atoms with Crippen LogP contribution >= 0.6 is 34.0 Å². The minimum atomic E-state index is 0.955. The van der Waals surface area contributed by atoms with Crippen LogP contribution in [0.3, 0.4) is 0 Å². The molecule has 0 saturated heterocycles. The second-order valence-electron chi connectivity index (χ2n) is 34.6. The molecular weight excluding hydrogens is 1650 g/mol. The first-order valence-electron chi connectivity index (χ1n) is 45.1. The number of fused-ring (bicyclic) bond motifs is 23. The summed E-state index contributed by atoms with van der Waals surface area (Å²) in [5.41, 5.74) is 34.8. The van der Waals surface area contributed by atoms with Gasteiger partial charge >= 0.3 is 0 Å². The average molecular weight is 1730 g/mol. The van der Waals surface area contributed by atoms with Gasteiger partial charge in [0, 0.05) is 122 Å². The third-order valence-electron chi connectivity index (χ3n) is 27.3. The molecule has 7 heteroatoms. The molecule has 0 saturated carbocycles. The van der Waals surface area contributed by atoms with Gasteiger partial charge in [0.15, 0.2) is 0 Å². The van der Waals surface area contributed by atoms with Crippen LogP contribution < -0.4 is 9.80 Å². The number of para-hydroxylation sites is 3. The lowest BCUT2D eigenvalue weighted by Crippen LogP contribution is -2.10. The van der Waals surface area contributed by atoms with Crippen molar-refractivity contribution in [2.45, 2.75) is 0 Å². The highest BCUT2D eigenvalue weighted by Gasteiger charge is 2.30. The number of aromatic nitrogens is 2. The molecule has 0 amide bonds. The van der Waals surface area contributed by atoms with Gasteiger partial charge in [0.05, 0.1) is 16.7 Å². The predicted molar refractivity (Wildman–Crippen MR) is 567 cm³/mol. The lowest BCUT2D eigenvalue weighted by molar-refractivity contribution is 1.10. The Balaban J connectivity index is 0.000000102. The van der Waals surface area contributed by atoms with E-state index in [-0.39, 0.29) is 0 Å². The fraction of sp³-hybridized carbons (Fsp3) is 0. The van der Waals surface area contributed by atoms with Crippen LogP contribution in [0.1, 0.15) is 0 Å². The van der Waals surface area contributed by atoms with Crippen LogP contribution in [0, 0.1) is 0 Å². The number of rotatable bonds is 11. The van der Waals surface area contributed by atoms with E-state index in [1.54, 1.807) is 0 Å². The minimum Gasteiger partial charge on any atom is -0.310 e. The van der Waals surface area contributed by atoms with Crippen molar-refractivity contribution in [1.29, 1.82) is 0 Å². The van der Waals surface area contributed by atoms with Crippen molar-refractivity contribution in [3.05, 3.63) is 461 Å². The van der Waals surface area contributed by atoms with E-state index in [0.717, 1.165) is 50.9 Å². The maximum Gasteiger partial charge on any atom is 0.145 e. The van der Waals surface area contributed by atoms with Gasteiger partial charge in [-0.2, -0.15) is 0 Å². The number of thiophene rings is 3. The molecule has 4 aromatic heterocycles. The molecule has 132 heavy (non-hydrogen) atoms. The smallest absolute Gasteiger partial charge is 0.145 e. The summed E-state index contributed by atoms with van der Waals surface area (Å²) in [5, 5.41) is 18.7. The van der Waals surface area contributed by atoms with Crippen LogP contribution in [0.4, 0.5) is 34.1 Å². The summed E-state index contributed by atoms with van der Waals surface area (Å²) in [5.74, 6) is 0.955. The molecule has 22 aromatic carbocycles. The second-order valence-corrected chi connectivity index (χ2v) is 37.8. The Morgan fingerprint density at radius 2 is 0.530 bits per heavy atom. The Hall–Kier alpha value is -16.4. The maximum absolute atomic E-state index is 5.01. The molecule has 3 aliphatic rings. The van der Waals surface area contributed by atoms with Crippen LogP contribution in [0.15, 0.2) is 461 Å². The largest absolute Gasteiger partial charge is 0.310 e. The molecule has 0 aliphatic heterocycles. The third kappa shape index (κ3) is 12.2. The van der Waals surface area contributed by atoms with E-state index in [0.29, 0.717) is 0 Å². The molecule has 0 atom stereocenters. The third-order valence-corrected chi connectivity index (χ3v) is 30.9. The molecule has 0 fully saturated rings. The summed E-state index contributed by atoms with van der Waals surface area (Å²) in [6.45, 7) is 0. The summed E-state index contributed by atoms with van der Waals surface area (Å²) < 4.78 is 10.3. The van der Waals surface area contributed by atoms with Crippen LogP contribution in [0.5, 0.6) is 0 Å². The molecule has 0 spiro atoms. The molecule has 0 radical (unpaired) electrons. The average Bonchev–Trinajstić information content (AvgIpc) is 1.56. The predicted octanol–water partition coefficient (Wildman–Crippen LogP) is 36.7. The molecule has 26 aromatic rings. The van der Waals surface area contributed by atoms with Crippen molar-refractivity contribution >= 4 is 183 Å². The van der Waals surface area contributed by atoms with Gasteiger partial charge in [0.2, 0.25) is 0 Å². The van der Waals surface area contributed by atoms with E-state index in [1.165, 1.54) is 215 Å². The van der Waals surface area contributed by atoms with Gasteiger partial charge in [-0.15, -0.1) is 34.0 Å². The van der Waals surface area contributed by atoms with Gasteiger partial charge in [-0.05, 0) is 237 Å². The van der Waals surface area contributed by atoms with E-state index >= 15 is 0 Å². The van der Waals surface area contributed by atoms with Gasteiger partial charge in [0.1, 0.15) is 5.82 Å². The number of anilines is 6. The molecule has 0 bridgehead atoms. The van der Waals surface area contributed by atoms with Crippen LogP contribution in [0.25, 0.3) is 232 Å². The lowest BCUT2D eigenvalue weighted by Gasteiger charge is -2.27. The van der Waals surface area contributed by atoms with Crippen molar-refractivity contribution in [3.63, 3.8) is 0 Å². The zero-order valence-corrected chi connectivity index (χ0v) is 73.8. The zero-order chi connectivity index (χ0) is 86.6. The van der Waals surface area contributed by atoms with Crippen molar-refractivity contribution < 1.29 is 0 Å². The molecular formula is C125H76N4S3. The molecule has 3 aliphatic carbocycles. The molecule has 4 nitrogen and oxygen atoms in total. The first-order valence-corrected chi connectivity index (χ1v) is 47.5. The molecule has 0 N–H and O–H groups in total. The van der Waals surface area contributed by atoms with Gasteiger partial charge in [0.25, 0.3) is 0 Å². The first-order chi connectivity index (χ1) is 65.5.